The molecule has 0 unspecified atom stereocenters. The molecule has 0 saturated carbocycles. The molecule has 44 heavy (non-hydrogen) atoms. The molecule has 1 aliphatic carbocycles. The number of hydrogen-bond donors (Lipinski definition) is 1. The maximum absolute atomic E-state index is 13.7. The van der Waals surface area contributed by atoms with Gasteiger partial charge in [-0.15, -0.1) is 0 Å². The highest BCUT2D eigenvalue weighted by atomic mass is 35.5. The monoisotopic (exact) mass is 631 g/mol. The van der Waals surface area contributed by atoms with Crippen molar-refractivity contribution in [3.63, 3.8) is 0 Å². The van der Waals surface area contributed by atoms with E-state index in [9.17, 15) is 9.90 Å². The number of carbonyl (C=O) groups is 1. The van der Waals surface area contributed by atoms with Crippen LogP contribution in [0, 0.1) is 5.41 Å². The molecule has 3 aromatic rings. The van der Waals surface area contributed by atoms with E-state index in [2.05, 4.69) is 81.4 Å². The SMILES string of the molecule is CC(C)c1cc(Cl)c2c(c1)C(=CC1=C(O)C(=Cc3cc(C(C)(C)C)[o+]c4c(Cl)cc(C(C)C)cc34)C1=O)C=C(C(C)(C)C)O2. The van der Waals surface area contributed by atoms with Gasteiger partial charge in [-0.1, -0.05) is 71.7 Å². The van der Waals surface area contributed by atoms with Crippen molar-refractivity contribution in [2.24, 2.45) is 5.41 Å². The second-order valence-electron chi connectivity index (χ2n) is 14.5. The molecular weight excluding hydrogens is 591 g/mol. The van der Waals surface area contributed by atoms with Gasteiger partial charge in [0.2, 0.25) is 5.78 Å². The summed E-state index contributed by atoms with van der Waals surface area (Å²) in [4.78, 5) is 13.7. The number of allylic oxidation sites excluding steroid dienone is 6. The number of aliphatic hydroxyl groups is 1. The second-order valence-corrected chi connectivity index (χ2v) is 15.3. The molecule has 2 heterocycles. The van der Waals surface area contributed by atoms with Gasteiger partial charge >= 0.3 is 11.3 Å². The van der Waals surface area contributed by atoms with Gasteiger partial charge in [0.05, 0.1) is 27.0 Å². The Hall–Kier alpha value is -3.34. The summed E-state index contributed by atoms with van der Waals surface area (Å²) in [6.07, 6.45) is 5.43. The zero-order chi connectivity index (χ0) is 32.5. The molecule has 0 spiro atoms. The molecule has 0 fully saturated rings. The number of halogens is 2. The Labute approximate surface area is 270 Å². The first kappa shape index (κ1) is 32.1. The third-order valence-electron chi connectivity index (χ3n) is 8.16. The van der Waals surface area contributed by atoms with E-state index in [0.29, 0.717) is 21.4 Å². The van der Waals surface area contributed by atoms with Crippen LogP contribution >= 0.6 is 23.2 Å². The Balaban J connectivity index is 1.69. The molecule has 0 saturated heterocycles. The highest BCUT2D eigenvalue weighted by Crippen LogP contribution is 2.46. The van der Waals surface area contributed by atoms with Crippen molar-refractivity contribution in [1.82, 2.24) is 0 Å². The van der Waals surface area contributed by atoms with Crippen LogP contribution in [0.15, 0.2) is 69.6 Å². The quantitative estimate of drug-likeness (QED) is 0.230. The van der Waals surface area contributed by atoms with Crippen LogP contribution in [0.5, 0.6) is 5.75 Å². The standard InChI is InChI=1S/C38H40Cl2O4/c1-19(2)21-11-25-23(17-31(37(5,6)7)43-35(25)29(39)15-21)13-27-33(41)28(34(27)42)14-24-18-32(38(8,9)10)44-36-26(24)12-22(20(3)4)16-30(36)40/h11-20H,1-10H3/p+1. The topological polar surface area (TPSA) is 57.8 Å². The smallest absolute Gasteiger partial charge is 0.379 e. The zero-order valence-corrected chi connectivity index (χ0v) is 28.7. The number of ether oxygens (including phenoxy) is 1. The Morgan fingerprint density at radius 2 is 1.45 bits per heavy atom. The number of Topliss-reactive ketones (excluding diaryl/α,β-unsaturated/α-hetero) is 1. The summed E-state index contributed by atoms with van der Waals surface area (Å²) in [5.41, 5.74) is 4.89. The molecule has 2 aromatic carbocycles. The van der Waals surface area contributed by atoms with Gasteiger partial charge in [-0.25, -0.2) is 4.42 Å². The Kier molecular flexibility index (Phi) is 8.18. The fraction of sp³-hybridized carbons (Fsp3) is 0.368. The van der Waals surface area contributed by atoms with Crippen molar-refractivity contribution < 1.29 is 19.1 Å². The molecule has 1 N–H and O–H groups in total. The van der Waals surface area contributed by atoms with Gasteiger partial charge in [0.15, 0.2) is 5.75 Å². The van der Waals surface area contributed by atoms with Gasteiger partial charge in [-0.2, -0.15) is 0 Å². The van der Waals surface area contributed by atoms with Crippen molar-refractivity contribution in [1.29, 1.82) is 0 Å². The fourth-order valence-electron chi connectivity index (χ4n) is 5.25. The molecule has 2 aliphatic rings. The van der Waals surface area contributed by atoms with Crippen LogP contribution in [-0.4, -0.2) is 10.9 Å². The first-order valence-corrected chi connectivity index (χ1v) is 15.9. The minimum atomic E-state index is -0.303. The predicted octanol–water partition coefficient (Wildman–Crippen LogP) is 11.7. The lowest BCUT2D eigenvalue weighted by Crippen LogP contribution is -2.22. The summed E-state index contributed by atoms with van der Waals surface area (Å²) in [5, 5.41) is 13.1. The molecule has 1 aromatic heterocycles. The molecular formula is C38H41Cl2O4+. The van der Waals surface area contributed by atoms with Crippen molar-refractivity contribution in [3.05, 3.63) is 103 Å². The average Bonchev–Trinajstić information content (AvgIpc) is 2.93. The molecule has 0 radical (unpaired) electrons. The van der Waals surface area contributed by atoms with E-state index < -0.39 is 0 Å². The summed E-state index contributed by atoms with van der Waals surface area (Å²) >= 11 is 13.5. The van der Waals surface area contributed by atoms with Gasteiger partial charge in [-0.3, -0.25) is 4.79 Å². The number of hydrogen-bond acceptors (Lipinski definition) is 3. The summed E-state index contributed by atoms with van der Waals surface area (Å²) in [6.45, 7) is 20.8. The van der Waals surface area contributed by atoms with Crippen molar-refractivity contribution in [3.8, 4) is 5.75 Å². The van der Waals surface area contributed by atoms with Crippen molar-refractivity contribution >= 4 is 51.6 Å². The molecule has 5 rings (SSSR count). The Morgan fingerprint density at radius 3 is 2.02 bits per heavy atom. The molecule has 230 valence electrons. The van der Waals surface area contributed by atoms with Crippen LogP contribution in [0.2, 0.25) is 10.0 Å². The van der Waals surface area contributed by atoms with E-state index in [0.717, 1.165) is 44.7 Å². The van der Waals surface area contributed by atoms with Gasteiger partial charge in [0, 0.05) is 22.6 Å². The van der Waals surface area contributed by atoms with E-state index in [4.69, 9.17) is 32.4 Å². The molecule has 0 atom stereocenters. The lowest BCUT2D eigenvalue weighted by Gasteiger charge is -2.30. The summed E-state index contributed by atoms with van der Waals surface area (Å²) in [5.74, 6) is 2.21. The van der Waals surface area contributed by atoms with Gasteiger partial charge < -0.3 is 9.84 Å². The second kappa shape index (κ2) is 11.2. The molecule has 6 heteroatoms. The van der Waals surface area contributed by atoms with E-state index in [-0.39, 0.29) is 45.4 Å². The lowest BCUT2D eigenvalue weighted by molar-refractivity contribution is -0.113. The highest BCUT2D eigenvalue weighted by molar-refractivity contribution is 6.35. The molecule has 1 aliphatic heterocycles. The van der Waals surface area contributed by atoms with E-state index >= 15 is 0 Å². The van der Waals surface area contributed by atoms with E-state index in [1.54, 1.807) is 12.2 Å². The summed E-state index contributed by atoms with van der Waals surface area (Å²) in [7, 11) is 0. The number of ketones is 1. The third kappa shape index (κ3) is 5.87. The average molecular weight is 633 g/mol. The van der Waals surface area contributed by atoms with Crippen LogP contribution < -0.4 is 4.74 Å². The third-order valence-corrected chi connectivity index (χ3v) is 8.72. The van der Waals surface area contributed by atoms with Gasteiger partial charge in [0.1, 0.15) is 16.5 Å². The minimum absolute atomic E-state index is 0.0512. The molecule has 4 nitrogen and oxygen atoms in total. The maximum Gasteiger partial charge on any atom is 0.379 e. The Bertz CT molecular complexity index is 1840. The number of rotatable bonds is 4. The van der Waals surface area contributed by atoms with Crippen LogP contribution in [-0.2, 0) is 10.2 Å². The van der Waals surface area contributed by atoms with E-state index in [1.807, 2.05) is 24.3 Å². The van der Waals surface area contributed by atoms with Crippen molar-refractivity contribution in [2.75, 3.05) is 0 Å². The van der Waals surface area contributed by atoms with Crippen LogP contribution in [0.1, 0.15) is 109 Å². The van der Waals surface area contributed by atoms with Gasteiger partial charge in [0.25, 0.3) is 0 Å². The largest absolute Gasteiger partial charge is 0.506 e. The van der Waals surface area contributed by atoms with Gasteiger partial charge in [-0.05, 0) is 91.8 Å². The zero-order valence-electron chi connectivity index (χ0n) is 27.2. The summed E-state index contributed by atoms with van der Waals surface area (Å²) < 4.78 is 12.6. The molecule has 0 amide bonds. The number of aliphatic hydroxyl groups excluding tert-OH is 1. The lowest BCUT2D eigenvalue weighted by atomic mass is 9.82. The van der Waals surface area contributed by atoms with Crippen LogP contribution in [0.4, 0.5) is 0 Å². The number of fused-ring (bicyclic) bond motifs is 2. The normalized spacial score (nSPS) is 17.5. The minimum Gasteiger partial charge on any atom is -0.506 e. The highest BCUT2D eigenvalue weighted by Gasteiger charge is 2.36. The Morgan fingerprint density at radius 1 is 0.841 bits per heavy atom. The first-order chi connectivity index (χ1) is 20.4. The van der Waals surface area contributed by atoms with Crippen LogP contribution in [0.25, 0.3) is 22.6 Å². The van der Waals surface area contributed by atoms with Crippen LogP contribution in [0.3, 0.4) is 0 Å². The molecule has 0 bridgehead atoms. The maximum atomic E-state index is 13.7. The predicted molar refractivity (Wildman–Crippen MR) is 183 cm³/mol. The summed E-state index contributed by atoms with van der Waals surface area (Å²) in [6, 6.07) is 9.90. The van der Waals surface area contributed by atoms with Crippen molar-refractivity contribution in [2.45, 2.75) is 86.5 Å². The fourth-order valence-corrected chi connectivity index (χ4v) is 5.78. The first-order valence-electron chi connectivity index (χ1n) is 15.1. The number of benzene rings is 2. The number of carbonyl (C=O) groups excluding carboxylic acids is 1. The van der Waals surface area contributed by atoms with E-state index in [1.165, 1.54) is 0 Å².